The van der Waals surface area contributed by atoms with Gasteiger partial charge in [0.15, 0.2) is 0 Å². The Balaban J connectivity index is 1.81. The van der Waals surface area contributed by atoms with E-state index >= 15 is 0 Å². The highest BCUT2D eigenvalue weighted by Crippen LogP contribution is 2.26. The molecule has 15 heavy (non-hydrogen) atoms. The molecule has 2 aliphatic heterocycles. The quantitative estimate of drug-likeness (QED) is 0.776. The Hall–Kier alpha value is -0.220. The van der Waals surface area contributed by atoms with Crippen LogP contribution in [-0.4, -0.2) is 49.0 Å². The minimum absolute atomic E-state index is 0.356. The second kappa shape index (κ2) is 5.21. The SMILES string of the molecule is CSCCC(=O)N1CCC2CNCC2C1. The topological polar surface area (TPSA) is 32.3 Å². The van der Waals surface area contributed by atoms with Gasteiger partial charge in [-0.15, -0.1) is 0 Å². The molecule has 2 heterocycles. The van der Waals surface area contributed by atoms with E-state index in [-0.39, 0.29) is 0 Å². The van der Waals surface area contributed by atoms with Crippen molar-refractivity contribution in [3.63, 3.8) is 0 Å². The average Bonchev–Trinajstić information content (AvgIpc) is 2.72. The van der Waals surface area contributed by atoms with Gasteiger partial charge in [0.2, 0.25) is 5.91 Å². The highest BCUT2D eigenvalue weighted by molar-refractivity contribution is 7.98. The Bertz CT molecular complexity index is 235. The fraction of sp³-hybridized carbons (Fsp3) is 0.909. The molecule has 2 atom stereocenters. The summed E-state index contributed by atoms with van der Waals surface area (Å²) < 4.78 is 0. The minimum atomic E-state index is 0.356. The van der Waals surface area contributed by atoms with E-state index < -0.39 is 0 Å². The van der Waals surface area contributed by atoms with Crippen LogP contribution >= 0.6 is 11.8 Å². The second-order valence-electron chi connectivity index (χ2n) is 4.55. The molecular weight excluding hydrogens is 208 g/mol. The molecule has 2 aliphatic rings. The van der Waals surface area contributed by atoms with Crippen LogP contribution in [0.1, 0.15) is 12.8 Å². The van der Waals surface area contributed by atoms with Gasteiger partial charge in [-0.3, -0.25) is 4.79 Å². The third-order valence-electron chi connectivity index (χ3n) is 3.58. The van der Waals surface area contributed by atoms with E-state index in [1.54, 1.807) is 11.8 Å². The van der Waals surface area contributed by atoms with Crippen molar-refractivity contribution in [1.82, 2.24) is 10.2 Å². The molecule has 0 spiro atoms. The first-order valence-corrected chi connectivity index (χ1v) is 7.18. The Labute approximate surface area is 96.0 Å². The van der Waals surface area contributed by atoms with Crippen molar-refractivity contribution in [3.05, 3.63) is 0 Å². The lowest BCUT2D eigenvalue weighted by atomic mass is 9.88. The van der Waals surface area contributed by atoms with E-state index in [0.29, 0.717) is 12.3 Å². The largest absolute Gasteiger partial charge is 0.342 e. The van der Waals surface area contributed by atoms with Crippen molar-refractivity contribution >= 4 is 17.7 Å². The maximum Gasteiger partial charge on any atom is 0.223 e. The van der Waals surface area contributed by atoms with Crippen LogP contribution in [0.5, 0.6) is 0 Å². The Morgan fingerprint density at radius 1 is 1.47 bits per heavy atom. The molecule has 2 saturated heterocycles. The summed E-state index contributed by atoms with van der Waals surface area (Å²) in [4.78, 5) is 13.9. The molecule has 0 saturated carbocycles. The summed E-state index contributed by atoms with van der Waals surface area (Å²) in [6.07, 6.45) is 3.97. The smallest absolute Gasteiger partial charge is 0.223 e. The normalized spacial score (nSPS) is 30.3. The number of nitrogens with zero attached hydrogens (tertiary/aromatic N) is 1. The molecule has 0 aromatic heterocycles. The number of rotatable bonds is 3. The van der Waals surface area contributed by atoms with Crippen molar-refractivity contribution in [2.24, 2.45) is 11.8 Å². The van der Waals surface area contributed by atoms with Crippen LogP contribution in [-0.2, 0) is 4.79 Å². The van der Waals surface area contributed by atoms with Gasteiger partial charge in [-0.1, -0.05) is 0 Å². The van der Waals surface area contributed by atoms with Crippen LogP contribution in [0.4, 0.5) is 0 Å². The number of fused-ring (bicyclic) bond motifs is 1. The standard InChI is InChI=1S/C11H20N2OS/c1-15-5-3-11(14)13-4-2-9-6-12-7-10(9)8-13/h9-10,12H,2-8H2,1H3. The van der Waals surface area contributed by atoms with Crippen LogP contribution < -0.4 is 5.32 Å². The van der Waals surface area contributed by atoms with Crippen molar-refractivity contribution in [1.29, 1.82) is 0 Å². The highest BCUT2D eigenvalue weighted by Gasteiger charge is 2.33. The summed E-state index contributed by atoms with van der Waals surface area (Å²) >= 11 is 1.75. The zero-order chi connectivity index (χ0) is 10.7. The van der Waals surface area contributed by atoms with Crippen LogP contribution in [0.15, 0.2) is 0 Å². The van der Waals surface area contributed by atoms with Crippen LogP contribution in [0, 0.1) is 11.8 Å². The molecule has 0 aromatic rings. The van der Waals surface area contributed by atoms with Gasteiger partial charge >= 0.3 is 0 Å². The first-order valence-electron chi connectivity index (χ1n) is 5.78. The van der Waals surface area contributed by atoms with Crippen LogP contribution in [0.2, 0.25) is 0 Å². The van der Waals surface area contributed by atoms with E-state index in [4.69, 9.17) is 0 Å². The molecule has 2 unspecified atom stereocenters. The van der Waals surface area contributed by atoms with Gasteiger partial charge in [-0.05, 0) is 37.6 Å². The third kappa shape index (κ3) is 2.67. The molecule has 4 heteroatoms. The predicted octanol–water partition coefficient (Wildman–Crippen LogP) is 0.807. The second-order valence-corrected chi connectivity index (χ2v) is 5.54. The van der Waals surface area contributed by atoms with E-state index in [2.05, 4.69) is 16.5 Å². The highest BCUT2D eigenvalue weighted by atomic mass is 32.2. The molecule has 2 rings (SSSR count). The van der Waals surface area contributed by atoms with E-state index in [1.165, 1.54) is 6.42 Å². The molecule has 0 radical (unpaired) electrons. The van der Waals surface area contributed by atoms with Crippen LogP contribution in [0.25, 0.3) is 0 Å². The van der Waals surface area contributed by atoms with Crippen molar-refractivity contribution in [3.8, 4) is 0 Å². The van der Waals surface area contributed by atoms with E-state index in [0.717, 1.165) is 43.8 Å². The number of carbonyl (C=O) groups excluding carboxylic acids is 1. The van der Waals surface area contributed by atoms with Gasteiger partial charge < -0.3 is 10.2 Å². The Morgan fingerprint density at radius 2 is 2.27 bits per heavy atom. The molecule has 0 bridgehead atoms. The third-order valence-corrected chi connectivity index (χ3v) is 4.19. The number of likely N-dealkylation sites (tertiary alicyclic amines) is 1. The number of hydrogen-bond acceptors (Lipinski definition) is 3. The number of piperidine rings is 1. The fourth-order valence-electron chi connectivity index (χ4n) is 2.61. The molecule has 0 aromatic carbocycles. The summed E-state index contributed by atoms with van der Waals surface area (Å²) in [7, 11) is 0. The lowest BCUT2D eigenvalue weighted by Crippen LogP contribution is -2.43. The molecule has 2 fully saturated rings. The van der Waals surface area contributed by atoms with Gasteiger partial charge in [0.05, 0.1) is 0 Å². The summed E-state index contributed by atoms with van der Waals surface area (Å²) in [6, 6.07) is 0. The summed E-state index contributed by atoms with van der Waals surface area (Å²) in [5.41, 5.74) is 0. The van der Waals surface area contributed by atoms with Gasteiger partial charge in [-0.25, -0.2) is 0 Å². The van der Waals surface area contributed by atoms with Gasteiger partial charge in [0.25, 0.3) is 0 Å². The summed E-state index contributed by atoms with van der Waals surface area (Å²) in [5.74, 6) is 2.86. The molecule has 86 valence electrons. The molecule has 1 N–H and O–H groups in total. The first-order chi connectivity index (χ1) is 7.31. The van der Waals surface area contributed by atoms with E-state index in [1.807, 2.05) is 0 Å². The monoisotopic (exact) mass is 228 g/mol. The lowest BCUT2D eigenvalue weighted by Gasteiger charge is -2.34. The van der Waals surface area contributed by atoms with Gasteiger partial charge in [-0.2, -0.15) is 11.8 Å². The Kier molecular flexibility index (Phi) is 3.92. The number of hydrogen-bond donors (Lipinski definition) is 1. The van der Waals surface area contributed by atoms with Crippen molar-refractivity contribution < 1.29 is 4.79 Å². The number of amides is 1. The number of thioether (sulfide) groups is 1. The minimum Gasteiger partial charge on any atom is -0.342 e. The average molecular weight is 228 g/mol. The maximum absolute atomic E-state index is 11.8. The molecular formula is C11H20N2OS. The molecule has 3 nitrogen and oxygen atoms in total. The van der Waals surface area contributed by atoms with Gasteiger partial charge in [0, 0.05) is 25.3 Å². The molecule has 1 amide bonds. The summed E-state index contributed by atoms with van der Waals surface area (Å²) in [5, 5.41) is 3.42. The van der Waals surface area contributed by atoms with Gasteiger partial charge in [0.1, 0.15) is 0 Å². The van der Waals surface area contributed by atoms with E-state index in [9.17, 15) is 4.79 Å². The number of nitrogens with one attached hydrogen (secondary N) is 1. The zero-order valence-electron chi connectivity index (χ0n) is 9.37. The molecule has 0 aliphatic carbocycles. The maximum atomic E-state index is 11.8. The summed E-state index contributed by atoms with van der Waals surface area (Å²) in [6.45, 7) is 4.25. The lowest BCUT2D eigenvalue weighted by molar-refractivity contribution is -0.132. The Morgan fingerprint density at radius 3 is 3.07 bits per heavy atom. The number of carbonyl (C=O) groups is 1. The predicted molar refractivity (Wildman–Crippen MR) is 64.0 cm³/mol. The fourth-order valence-corrected chi connectivity index (χ4v) is 2.99. The first kappa shape index (κ1) is 11.3. The van der Waals surface area contributed by atoms with Crippen molar-refractivity contribution in [2.45, 2.75) is 12.8 Å². The zero-order valence-corrected chi connectivity index (χ0v) is 10.2. The van der Waals surface area contributed by atoms with Crippen LogP contribution in [0.3, 0.4) is 0 Å². The van der Waals surface area contributed by atoms with Crippen molar-refractivity contribution in [2.75, 3.05) is 38.2 Å².